The van der Waals surface area contributed by atoms with Crippen molar-refractivity contribution in [2.75, 3.05) is 0 Å². The van der Waals surface area contributed by atoms with Crippen LogP contribution in [0.15, 0.2) is 5.57 Å². The van der Waals surface area contributed by atoms with Gasteiger partial charge in [-0.15, -0.1) is 0 Å². The third-order valence-corrected chi connectivity index (χ3v) is 1.85. The molecule has 0 radical (unpaired) electrons. The summed E-state index contributed by atoms with van der Waals surface area (Å²) < 4.78 is 0. The van der Waals surface area contributed by atoms with Crippen molar-refractivity contribution < 1.29 is 0 Å². The number of aromatic nitrogens is 2. The van der Waals surface area contributed by atoms with Gasteiger partial charge in [-0.3, -0.25) is 5.10 Å². The number of nitrogens with one attached hydrogen (secondary N) is 1. The minimum atomic E-state index is 0.535. The van der Waals surface area contributed by atoms with E-state index in [9.17, 15) is 0 Å². The van der Waals surface area contributed by atoms with E-state index in [2.05, 4.69) is 23.2 Å². The van der Waals surface area contributed by atoms with Gasteiger partial charge in [0.25, 0.3) is 0 Å². The van der Waals surface area contributed by atoms with Crippen LogP contribution < -0.4 is 0 Å². The smallest absolute Gasteiger partial charge is 0.166 e. The number of hydrogen-bond donors (Lipinski definition) is 1. The van der Waals surface area contributed by atoms with Gasteiger partial charge in [-0.25, -0.2) is 0 Å². The Labute approximate surface area is 64.4 Å². The number of aromatic amines is 1. The molecule has 0 unspecified atom stereocenters. The summed E-state index contributed by atoms with van der Waals surface area (Å²) in [5.41, 5.74) is 3.86. The normalized spacial score (nSPS) is 14.0. The summed E-state index contributed by atoms with van der Waals surface area (Å²) in [5.74, 6) is 0. The van der Waals surface area contributed by atoms with Gasteiger partial charge in [0.1, 0.15) is 6.07 Å². The lowest BCUT2D eigenvalue weighted by Crippen LogP contribution is -1.83. The second-order valence-corrected chi connectivity index (χ2v) is 2.74. The molecule has 0 saturated carbocycles. The molecule has 0 aliphatic heterocycles. The second-order valence-electron chi connectivity index (χ2n) is 2.74. The van der Waals surface area contributed by atoms with Crippen LogP contribution in [0.2, 0.25) is 0 Å². The van der Waals surface area contributed by atoms with Crippen LogP contribution in [0.4, 0.5) is 0 Å². The zero-order valence-electron chi connectivity index (χ0n) is 6.18. The third kappa shape index (κ3) is 0.761. The minimum Gasteiger partial charge on any atom is -0.277 e. The van der Waals surface area contributed by atoms with Crippen LogP contribution in [0.1, 0.15) is 23.9 Å². The number of H-pyrrole nitrogens is 1. The van der Waals surface area contributed by atoms with E-state index in [-0.39, 0.29) is 0 Å². The average Bonchev–Trinajstić information content (AvgIpc) is 2.45. The molecule has 3 nitrogen and oxygen atoms in total. The van der Waals surface area contributed by atoms with E-state index in [1.807, 2.05) is 6.08 Å². The number of allylic oxidation sites excluding steroid dienone is 1. The molecule has 0 amide bonds. The zero-order chi connectivity index (χ0) is 7.84. The molecule has 1 aliphatic carbocycles. The first kappa shape index (κ1) is 6.17. The van der Waals surface area contributed by atoms with Gasteiger partial charge in [0.15, 0.2) is 5.69 Å². The van der Waals surface area contributed by atoms with Gasteiger partial charge >= 0.3 is 0 Å². The quantitative estimate of drug-likeness (QED) is 0.597. The summed E-state index contributed by atoms with van der Waals surface area (Å²) in [6.07, 6.45) is 2.90. The van der Waals surface area contributed by atoms with Gasteiger partial charge in [0.2, 0.25) is 0 Å². The highest BCUT2D eigenvalue weighted by atomic mass is 15.1. The fourth-order valence-electron chi connectivity index (χ4n) is 1.35. The van der Waals surface area contributed by atoms with Crippen LogP contribution >= 0.6 is 0 Å². The maximum atomic E-state index is 8.62. The van der Waals surface area contributed by atoms with E-state index in [1.54, 1.807) is 0 Å². The maximum absolute atomic E-state index is 8.62. The van der Waals surface area contributed by atoms with Crippen LogP contribution in [0.3, 0.4) is 0 Å². The molecule has 0 fully saturated rings. The van der Waals surface area contributed by atoms with Crippen LogP contribution in [0.25, 0.3) is 6.08 Å². The molecule has 0 aromatic carbocycles. The highest BCUT2D eigenvalue weighted by molar-refractivity contribution is 5.62. The lowest BCUT2D eigenvalue weighted by molar-refractivity contribution is 1.06. The molecule has 2 rings (SSSR count). The third-order valence-electron chi connectivity index (χ3n) is 1.85. The monoisotopic (exact) mass is 145 g/mol. The van der Waals surface area contributed by atoms with E-state index in [0.29, 0.717) is 5.69 Å². The Morgan fingerprint density at radius 2 is 2.55 bits per heavy atom. The van der Waals surface area contributed by atoms with Crippen molar-refractivity contribution in [1.29, 1.82) is 5.26 Å². The zero-order valence-corrected chi connectivity index (χ0v) is 6.18. The molecule has 1 aliphatic rings. The van der Waals surface area contributed by atoms with Crippen molar-refractivity contribution >= 4 is 6.08 Å². The van der Waals surface area contributed by atoms with E-state index >= 15 is 0 Å². The summed E-state index contributed by atoms with van der Waals surface area (Å²) in [5, 5.41) is 15.3. The highest BCUT2D eigenvalue weighted by Crippen LogP contribution is 2.24. The predicted octanol–water partition coefficient (Wildman–Crippen LogP) is 1.24. The molecule has 0 spiro atoms. The Kier molecular flexibility index (Phi) is 1.10. The molecule has 0 bridgehead atoms. The number of rotatable bonds is 0. The Balaban J connectivity index is 2.56. The molecule has 54 valence electrons. The first-order valence-electron chi connectivity index (χ1n) is 3.46. The van der Waals surface area contributed by atoms with Gasteiger partial charge in [-0.05, 0) is 19.4 Å². The van der Waals surface area contributed by atoms with E-state index < -0.39 is 0 Å². The summed E-state index contributed by atoms with van der Waals surface area (Å²) in [6.45, 7) is 2.05. The summed E-state index contributed by atoms with van der Waals surface area (Å²) in [6, 6.07) is 2.05. The van der Waals surface area contributed by atoms with Crippen LogP contribution in [0, 0.1) is 11.3 Å². The summed E-state index contributed by atoms with van der Waals surface area (Å²) in [4.78, 5) is 0. The van der Waals surface area contributed by atoms with Crippen LogP contribution in [-0.4, -0.2) is 10.2 Å². The van der Waals surface area contributed by atoms with Crippen molar-refractivity contribution in [1.82, 2.24) is 10.2 Å². The fraction of sp³-hybridized carbons (Fsp3) is 0.250. The minimum absolute atomic E-state index is 0.535. The van der Waals surface area contributed by atoms with Gasteiger partial charge in [-0.2, -0.15) is 10.4 Å². The van der Waals surface area contributed by atoms with Gasteiger partial charge in [0, 0.05) is 5.56 Å². The first-order chi connectivity index (χ1) is 5.31. The summed E-state index contributed by atoms with van der Waals surface area (Å²) in [7, 11) is 0. The molecule has 1 heterocycles. The fourth-order valence-corrected chi connectivity index (χ4v) is 1.35. The largest absolute Gasteiger partial charge is 0.277 e. The van der Waals surface area contributed by atoms with E-state index in [4.69, 9.17) is 5.26 Å². The number of hydrogen-bond acceptors (Lipinski definition) is 2. The molecule has 1 aromatic rings. The van der Waals surface area contributed by atoms with Crippen molar-refractivity contribution in [3.8, 4) is 6.07 Å². The molecule has 11 heavy (non-hydrogen) atoms. The second kappa shape index (κ2) is 1.96. The lowest BCUT2D eigenvalue weighted by atomic mass is 10.1. The van der Waals surface area contributed by atoms with Crippen molar-refractivity contribution in [3.63, 3.8) is 0 Å². The Morgan fingerprint density at radius 1 is 1.73 bits per heavy atom. The molecule has 0 saturated heterocycles. The van der Waals surface area contributed by atoms with Crippen LogP contribution in [-0.2, 0) is 6.42 Å². The topological polar surface area (TPSA) is 52.5 Å². The SMILES string of the molecule is CC1=Cc2[nH]nc(C#N)c2C1. The van der Waals surface area contributed by atoms with E-state index in [0.717, 1.165) is 17.7 Å². The molecular formula is C8H7N3. The Bertz CT molecular complexity index is 365. The Hall–Kier alpha value is -1.56. The summed E-state index contributed by atoms with van der Waals surface area (Å²) >= 11 is 0. The van der Waals surface area contributed by atoms with Gasteiger partial charge < -0.3 is 0 Å². The molecule has 0 atom stereocenters. The van der Waals surface area contributed by atoms with Crippen molar-refractivity contribution in [2.45, 2.75) is 13.3 Å². The van der Waals surface area contributed by atoms with Crippen LogP contribution in [0.5, 0.6) is 0 Å². The highest BCUT2D eigenvalue weighted by Gasteiger charge is 2.16. The number of fused-ring (bicyclic) bond motifs is 1. The predicted molar refractivity (Wildman–Crippen MR) is 40.7 cm³/mol. The van der Waals surface area contributed by atoms with Gasteiger partial charge in [0.05, 0.1) is 5.69 Å². The lowest BCUT2D eigenvalue weighted by Gasteiger charge is -1.87. The number of nitriles is 1. The van der Waals surface area contributed by atoms with Crippen molar-refractivity contribution in [2.24, 2.45) is 0 Å². The number of nitrogens with zero attached hydrogens (tertiary/aromatic N) is 2. The first-order valence-corrected chi connectivity index (χ1v) is 3.46. The maximum Gasteiger partial charge on any atom is 0.166 e. The average molecular weight is 145 g/mol. The molecular weight excluding hydrogens is 138 g/mol. The Morgan fingerprint density at radius 3 is 3.27 bits per heavy atom. The molecule has 1 aromatic heterocycles. The standard InChI is InChI=1S/C8H7N3/c1-5-2-6-7(3-5)10-11-8(6)4-9/h3H,2H2,1H3,(H,10,11). The van der Waals surface area contributed by atoms with Crippen molar-refractivity contribution in [3.05, 3.63) is 22.5 Å². The molecule has 3 heteroatoms. The van der Waals surface area contributed by atoms with E-state index in [1.165, 1.54) is 5.57 Å². The van der Waals surface area contributed by atoms with Gasteiger partial charge in [-0.1, -0.05) is 5.57 Å². The molecule has 1 N–H and O–H groups in total.